The predicted octanol–water partition coefficient (Wildman–Crippen LogP) is 5.28. The number of carbonyl (C=O) groups excluding carboxylic acids is 3. The van der Waals surface area contributed by atoms with Gasteiger partial charge in [-0.1, -0.05) is 12.1 Å². The van der Waals surface area contributed by atoms with Gasteiger partial charge in [-0.25, -0.2) is 14.7 Å². The SMILES string of the molecule is Cc1ccc2nc(-c3ccc(N4C(=O)CC(Sc5cccc(NC(=O)C=CC(=O)O)c5)C4=O)cc3)sc2c1. The van der Waals surface area contributed by atoms with Gasteiger partial charge in [0.15, 0.2) is 0 Å². The zero-order chi connectivity index (χ0) is 26.8. The van der Waals surface area contributed by atoms with Crippen molar-refractivity contribution < 1.29 is 24.3 Å². The van der Waals surface area contributed by atoms with Crippen molar-refractivity contribution in [3.63, 3.8) is 0 Å². The lowest BCUT2D eigenvalue weighted by Crippen LogP contribution is -2.31. The molecule has 0 bridgehead atoms. The van der Waals surface area contributed by atoms with Crippen LogP contribution in [0, 0.1) is 6.92 Å². The van der Waals surface area contributed by atoms with Crippen LogP contribution >= 0.6 is 23.1 Å². The minimum atomic E-state index is -1.22. The summed E-state index contributed by atoms with van der Waals surface area (Å²) in [6.45, 7) is 2.04. The molecule has 10 heteroatoms. The summed E-state index contributed by atoms with van der Waals surface area (Å²) in [6.07, 6.45) is 1.72. The Morgan fingerprint density at radius 1 is 1.08 bits per heavy atom. The number of anilines is 2. The molecule has 38 heavy (non-hydrogen) atoms. The van der Waals surface area contributed by atoms with Gasteiger partial charge in [0.1, 0.15) is 5.01 Å². The zero-order valence-electron chi connectivity index (χ0n) is 20.1. The van der Waals surface area contributed by atoms with Gasteiger partial charge in [0, 0.05) is 34.7 Å². The highest BCUT2D eigenvalue weighted by atomic mass is 32.2. The first-order chi connectivity index (χ1) is 18.3. The number of rotatable bonds is 7. The topological polar surface area (TPSA) is 117 Å². The van der Waals surface area contributed by atoms with Gasteiger partial charge >= 0.3 is 5.97 Å². The number of carbonyl (C=O) groups is 4. The number of carboxylic acids is 1. The van der Waals surface area contributed by atoms with E-state index in [-0.39, 0.29) is 18.2 Å². The summed E-state index contributed by atoms with van der Waals surface area (Å²) in [6, 6.07) is 20.2. The van der Waals surface area contributed by atoms with Crippen molar-refractivity contribution >= 4 is 68.4 Å². The first kappa shape index (κ1) is 25.4. The van der Waals surface area contributed by atoms with E-state index in [1.54, 1.807) is 47.7 Å². The van der Waals surface area contributed by atoms with Crippen LogP contribution in [0.15, 0.2) is 83.8 Å². The van der Waals surface area contributed by atoms with Crippen molar-refractivity contribution in [3.8, 4) is 10.6 Å². The minimum Gasteiger partial charge on any atom is -0.478 e. The molecule has 1 saturated heterocycles. The summed E-state index contributed by atoms with van der Waals surface area (Å²) in [4.78, 5) is 55.0. The molecule has 1 fully saturated rings. The highest BCUT2D eigenvalue weighted by Crippen LogP contribution is 2.36. The minimum absolute atomic E-state index is 0.0560. The largest absolute Gasteiger partial charge is 0.478 e. The van der Waals surface area contributed by atoms with Crippen LogP contribution in [0.25, 0.3) is 20.8 Å². The number of hydrogen-bond acceptors (Lipinski definition) is 7. The number of thiazole rings is 1. The van der Waals surface area contributed by atoms with E-state index in [2.05, 4.69) is 11.4 Å². The fourth-order valence-electron chi connectivity index (χ4n) is 4.02. The van der Waals surface area contributed by atoms with Gasteiger partial charge in [0.25, 0.3) is 0 Å². The quantitative estimate of drug-likeness (QED) is 0.241. The first-order valence-electron chi connectivity index (χ1n) is 11.6. The van der Waals surface area contributed by atoms with Crippen LogP contribution in [0.2, 0.25) is 0 Å². The lowest BCUT2D eigenvalue weighted by molar-refractivity contribution is -0.131. The number of benzene rings is 3. The summed E-state index contributed by atoms with van der Waals surface area (Å²) in [5.74, 6) is -2.39. The molecule has 1 aromatic heterocycles. The number of nitrogens with zero attached hydrogens (tertiary/aromatic N) is 2. The molecular formula is C28H21N3O5S2. The maximum atomic E-state index is 13.2. The molecule has 0 saturated carbocycles. The Kier molecular flexibility index (Phi) is 7.08. The second-order valence-electron chi connectivity index (χ2n) is 8.60. The third kappa shape index (κ3) is 5.51. The molecule has 1 unspecified atom stereocenters. The molecule has 2 N–H and O–H groups in total. The molecule has 4 aromatic rings. The molecule has 3 aromatic carbocycles. The molecule has 0 radical (unpaired) electrons. The lowest BCUT2D eigenvalue weighted by atomic mass is 10.2. The average molecular weight is 544 g/mol. The Labute approximate surface area is 226 Å². The summed E-state index contributed by atoms with van der Waals surface area (Å²) in [7, 11) is 0. The number of amides is 3. The maximum absolute atomic E-state index is 13.2. The summed E-state index contributed by atoms with van der Waals surface area (Å²) in [5, 5.41) is 11.5. The number of aromatic nitrogens is 1. The number of imide groups is 1. The van der Waals surface area contributed by atoms with E-state index in [1.165, 1.54) is 22.2 Å². The molecule has 2 heterocycles. The molecule has 0 aliphatic carbocycles. The number of aliphatic carboxylic acids is 1. The standard InChI is InChI=1S/C28H21N3O5S2/c1-16-5-10-21-22(13-16)38-27(30-21)17-6-8-19(9-7-17)31-25(33)15-23(28(31)36)37-20-4-2-3-18(14-20)29-24(32)11-12-26(34)35/h2-14,23H,15H2,1H3,(H,29,32)(H,34,35). The van der Waals surface area contributed by atoms with Crippen molar-refractivity contribution in [1.29, 1.82) is 0 Å². The second kappa shape index (κ2) is 10.6. The highest BCUT2D eigenvalue weighted by Gasteiger charge is 2.40. The highest BCUT2D eigenvalue weighted by molar-refractivity contribution is 8.00. The first-order valence-corrected chi connectivity index (χ1v) is 13.3. The van der Waals surface area contributed by atoms with E-state index < -0.39 is 17.1 Å². The van der Waals surface area contributed by atoms with Crippen LogP contribution in [0.4, 0.5) is 11.4 Å². The van der Waals surface area contributed by atoms with Gasteiger partial charge in [0.2, 0.25) is 17.7 Å². The van der Waals surface area contributed by atoms with Gasteiger partial charge in [0.05, 0.1) is 21.2 Å². The fourth-order valence-corrected chi connectivity index (χ4v) is 6.20. The van der Waals surface area contributed by atoms with Gasteiger partial charge in [-0.15, -0.1) is 23.1 Å². The molecular weight excluding hydrogens is 522 g/mol. The Morgan fingerprint density at radius 3 is 2.63 bits per heavy atom. The van der Waals surface area contributed by atoms with Crippen molar-refractivity contribution in [2.45, 2.75) is 23.5 Å². The Balaban J connectivity index is 1.28. The van der Waals surface area contributed by atoms with E-state index in [0.29, 0.717) is 16.3 Å². The third-order valence-electron chi connectivity index (χ3n) is 5.78. The van der Waals surface area contributed by atoms with E-state index >= 15 is 0 Å². The van der Waals surface area contributed by atoms with Crippen LogP contribution < -0.4 is 10.2 Å². The number of nitrogens with one attached hydrogen (secondary N) is 1. The third-order valence-corrected chi connectivity index (χ3v) is 8.02. The molecule has 5 rings (SSSR count). The summed E-state index contributed by atoms with van der Waals surface area (Å²) < 4.78 is 1.11. The average Bonchev–Trinajstić information content (AvgIpc) is 3.42. The van der Waals surface area contributed by atoms with Gasteiger partial charge in [-0.3, -0.25) is 14.4 Å². The van der Waals surface area contributed by atoms with Crippen LogP contribution in [-0.2, 0) is 19.2 Å². The van der Waals surface area contributed by atoms with Gasteiger partial charge < -0.3 is 10.4 Å². The second-order valence-corrected chi connectivity index (χ2v) is 10.9. The molecule has 190 valence electrons. The smallest absolute Gasteiger partial charge is 0.328 e. The Morgan fingerprint density at radius 2 is 1.87 bits per heavy atom. The number of hydrogen-bond donors (Lipinski definition) is 2. The van der Waals surface area contributed by atoms with Crippen molar-refractivity contribution in [2.24, 2.45) is 0 Å². The molecule has 0 spiro atoms. The van der Waals surface area contributed by atoms with Crippen LogP contribution in [0.3, 0.4) is 0 Å². The normalized spacial score (nSPS) is 15.5. The number of aryl methyl sites for hydroxylation is 1. The van der Waals surface area contributed by atoms with E-state index in [0.717, 1.165) is 32.9 Å². The lowest BCUT2D eigenvalue weighted by Gasteiger charge is -2.15. The van der Waals surface area contributed by atoms with Crippen LogP contribution in [0.5, 0.6) is 0 Å². The van der Waals surface area contributed by atoms with Crippen molar-refractivity contribution in [3.05, 3.63) is 84.4 Å². The van der Waals surface area contributed by atoms with E-state index in [1.807, 2.05) is 31.2 Å². The number of thioether (sulfide) groups is 1. The van der Waals surface area contributed by atoms with Crippen molar-refractivity contribution in [1.82, 2.24) is 4.98 Å². The van der Waals surface area contributed by atoms with Crippen LogP contribution in [0.1, 0.15) is 12.0 Å². The van der Waals surface area contributed by atoms with Gasteiger partial charge in [-0.2, -0.15) is 0 Å². The van der Waals surface area contributed by atoms with Crippen LogP contribution in [-0.4, -0.2) is 39.0 Å². The predicted molar refractivity (Wildman–Crippen MR) is 148 cm³/mol. The van der Waals surface area contributed by atoms with Gasteiger partial charge in [-0.05, 0) is 67.1 Å². The molecule has 3 amide bonds. The number of carboxylic acid groups (broad SMARTS) is 1. The summed E-state index contributed by atoms with van der Waals surface area (Å²) >= 11 is 2.84. The maximum Gasteiger partial charge on any atom is 0.328 e. The Bertz CT molecular complexity index is 1610. The molecule has 8 nitrogen and oxygen atoms in total. The summed E-state index contributed by atoms with van der Waals surface area (Å²) in [5.41, 5.74) is 3.98. The molecule has 1 atom stereocenters. The fraction of sp³-hybridized carbons (Fsp3) is 0.107. The number of fused-ring (bicyclic) bond motifs is 1. The molecule has 1 aliphatic heterocycles. The molecule has 1 aliphatic rings. The Hall–Kier alpha value is -4.28. The van der Waals surface area contributed by atoms with Crippen molar-refractivity contribution in [2.75, 3.05) is 10.2 Å². The van der Waals surface area contributed by atoms with E-state index in [9.17, 15) is 19.2 Å². The van der Waals surface area contributed by atoms with E-state index in [4.69, 9.17) is 10.1 Å². The zero-order valence-corrected chi connectivity index (χ0v) is 21.7. The monoisotopic (exact) mass is 543 g/mol.